The van der Waals surface area contributed by atoms with Crippen LogP contribution in [-0.4, -0.2) is 24.4 Å². The number of carbonyl (C=O) groups excluding carboxylic acids is 2. The molecule has 5 nitrogen and oxygen atoms in total. The summed E-state index contributed by atoms with van der Waals surface area (Å²) in [6, 6.07) is 5.37. The molecule has 0 aromatic heterocycles. The number of hydrogen-bond donors (Lipinski definition) is 3. The van der Waals surface area contributed by atoms with E-state index in [1.54, 1.807) is 6.07 Å². The lowest BCUT2D eigenvalue weighted by Gasteiger charge is -2.14. The van der Waals surface area contributed by atoms with Gasteiger partial charge in [0.1, 0.15) is 0 Å². The average Bonchev–Trinajstić information content (AvgIpc) is 2.86. The van der Waals surface area contributed by atoms with E-state index < -0.39 is 0 Å². The van der Waals surface area contributed by atoms with Crippen molar-refractivity contribution in [2.24, 2.45) is 0 Å². The Hall–Kier alpha value is -1.88. The molecule has 2 amide bonds. The molecule has 1 aromatic carbocycles. The zero-order chi connectivity index (χ0) is 13.8. The molecule has 5 heteroatoms. The quantitative estimate of drug-likeness (QED) is 0.774. The van der Waals surface area contributed by atoms with Crippen molar-refractivity contribution in [3.8, 4) is 0 Å². The lowest BCUT2D eigenvalue weighted by Crippen LogP contribution is -2.35. The molecule has 1 aliphatic rings. The van der Waals surface area contributed by atoms with Crippen LogP contribution in [0.15, 0.2) is 18.2 Å². The van der Waals surface area contributed by atoms with Crippen LogP contribution in [0.25, 0.3) is 0 Å². The smallest absolute Gasteiger partial charge is 0.241 e. The maximum Gasteiger partial charge on any atom is 0.241 e. The summed E-state index contributed by atoms with van der Waals surface area (Å²) in [7, 11) is 0. The second-order valence-electron chi connectivity index (χ2n) is 4.85. The van der Waals surface area contributed by atoms with Crippen LogP contribution in [0, 0.1) is 6.92 Å². The Bertz CT molecular complexity index is 493. The topological polar surface area (TPSA) is 70.2 Å². The molecule has 0 radical (unpaired) electrons. The van der Waals surface area contributed by atoms with Gasteiger partial charge in [0.15, 0.2) is 0 Å². The molecule has 1 fully saturated rings. The molecule has 1 atom stereocenters. The van der Waals surface area contributed by atoms with Gasteiger partial charge >= 0.3 is 0 Å². The van der Waals surface area contributed by atoms with Gasteiger partial charge in [-0.3, -0.25) is 9.59 Å². The van der Waals surface area contributed by atoms with Crippen LogP contribution >= 0.6 is 0 Å². The minimum absolute atomic E-state index is 0.0134. The van der Waals surface area contributed by atoms with Crippen LogP contribution in [0.4, 0.5) is 11.4 Å². The van der Waals surface area contributed by atoms with Gasteiger partial charge in [-0.05, 0) is 44.0 Å². The molecule has 102 valence electrons. The molecule has 0 aliphatic carbocycles. The minimum atomic E-state index is -0.126. The highest BCUT2D eigenvalue weighted by atomic mass is 16.2. The molecule has 19 heavy (non-hydrogen) atoms. The maximum absolute atomic E-state index is 12.0. The molecule has 0 bridgehead atoms. The summed E-state index contributed by atoms with van der Waals surface area (Å²) in [5, 5.41) is 8.78. The third-order valence-corrected chi connectivity index (χ3v) is 3.19. The third kappa shape index (κ3) is 3.54. The third-order valence-electron chi connectivity index (χ3n) is 3.19. The Kier molecular flexibility index (Phi) is 4.16. The summed E-state index contributed by atoms with van der Waals surface area (Å²) >= 11 is 0. The summed E-state index contributed by atoms with van der Waals surface area (Å²) in [4.78, 5) is 23.1. The molecule has 1 aliphatic heterocycles. The SMILES string of the molecule is CC(=O)Nc1ccc(C)c(NC(=O)[C@@H]2CCCN2)c1. The van der Waals surface area contributed by atoms with Gasteiger partial charge in [-0.2, -0.15) is 0 Å². The van der Waals surface area contributed by atoms with Gasteiger partial charge < -0.3 is 16.0 Å². The molecule has 0 unspecified atom stereocenters. The highest BCUT2D eigenvalue weighted by Gasteiger charge is 2.22. The standard InChI is InChI=1S/C14H19N3O2/c1-9-5-6-11(16-10(2)18)8-13(9)17-14(19)12-4-3-7-15-12/h5-6,8,12,15H,3-4,7H2,1-2H3,(H,16,18)(H,17,19)/t12-/m0/s1. The van der Waals surface area contributed by atoms with E-state index in [1.807, 2.05) is 19.1 Å². The second-order valence-corrected chi connectivity index (χ2v) is 4.85. The van der Waals surface area contributed by atoms with Gasteiger partial charge in [-0.1, -0.05) is 6.07 Å². The first-order valence-corrected chi connectivity index (χ1v) is 6.49. The Morgan fingerprint density at radius 2 is 2.11 bits per heavy atom. The highest BCUT2D eigenvalue weighted by Crippen LogP contribution is 2.21. The van der Waals surface area contributed by atoms with E-state index in [2.05, 4.69) is 16.0 Å². The molecule has 3 N–H and O–H groups in total. The van der Waals surface area contributed by atoms with Crippen molar-refractivity contribution in [2.75, 3.05) is 17.2 Å². The van der Waals surface area contributed by atoms with Crippen LogP contribution in [0.1, 0.15) is 25.3 Å². The Balaban J connectivity index is 2.09. The second kappa shape index (κ2) is 5.84. The summed E-state index contributed by atoms with van der Waals surface area (Å²) in [6.07, 6.45) is 1.90. The number of aryl methyl sites for hydroxylation is 1. The number of amides is 2. The van der Waals surface area contributed by atoms with Gasteiger partial charge in [0.25, 0.3) is 0 Å². The van der Waals surface area contributed by atoms with Crippen molar-refractivity contribution in [3.63, 3.8) is 0 Å². The largest absolute Gasteiger partial charge is 0.326 e. The Labute approximate surface area is 112 Å². The monoisotopic (exact) mass is 261 g/mol. The number of benzene rings is 1. The fourth-order valence-electron chi connectivity index (χ4n) is 2.17. The number of rotatable bonds is 3. The molecule has 2 rings (SSSR count). The van der Waals surface area contributed by atoms with E-state index >= 15 is 0 Å². The number of carbonyl (C=O) groups is 2. The predicted molar refractivity (Wildman–Crippen MR) is 75.1 cm³/mol. The molecular weight excluding hydrogens is 242 g/mol. The number of anilines is 2. The Morgan fingerprint density at radius 1 is 1.32 bits per heavy atom. The average molecular weight is 261 g/mol. The maximum atomic E-state index is 12.0. The van der Waals surface area contributed by atoms with Gasteiger partial charge in [0, 0.05) is 18.3 Å². The van der Waals surface area contributed by atoms with Gasteiger partial charge in [-0.25, -0.2) is 0 Å². The van der Waals surface area contributed by atoms with Crippen LogP contribution in [0.3, 0.4) is 0 Å². The Morgan fingerprint density at radius 3 is 2.74 bits per heavy atom. The molecule has 1 aromatic rings. The first kappa shape index (κ1) is 13.5. The van der Waals surface area contributed by atoms with Crippen LogP contribution in [0.5, 0.6) is 0 Å². The van der Waals surface area contributed by atoms with Crippen molar-refractivity contribution in [2.45, 2.75) is 32.7 Å². The normalized spacial score (nSPS) is 18.1. The predicted octanol–water partition coefficient (Wildman–Crippen LogP) is 1.64. The molecule has 1 saturated heterocycles. The molecular formula is C14H19N3O2. The number of hydrogen-bond acceptors (Lipinski definition) is 3. The van der Waals surface area contributed by atoms with E-state index in [1.165, 1.54) is 6.92 Å². The zero-order valence-electron chi connectivity index (χ0n) is 11.2. The van der Waals surface area contributed by atoms with Crippen LogP contribution < -0.4 is 16.0 Å². The van der Waals surface area contributed by atoms with Crippen LogP contribution in [-0.2, 0) is 9.59 Å². The van der Waals surface area contributed by atoms with Crippen molar-refractivity contribution in [3.05, 3.63) is 23.8 Å². The van der Waals surface area contributed by atoms with Crippen molar-refractivity contribution < 1.29 is 9.59 Å². The van der Waals surface area contributed by atoms with Crippen molar-refractivity contribution >= 4 is 23.2 Å². The van der Waals surface area contributed by atoms with E-state index in [0.717, 1.165) is 30.6 Å². The highest BCUT2D eigenvalue weighted by molar-refractivity contribution is 5.97. The summed E-state index contributed by atoms with van der Waals surface area (Å²) in [5.74, 6) is -0.140. The van der Waals surface area contributed by atoms with Crippen molar-refractivity contribution in [1.82, 2.24) is 5.32 Å². The van der Waals surface area contributed by atoms with Gasteiger partial charge in [0.2, 0.25) is 11.8 Å². The van der Waals surface area contributed by atoms with E-state index in [9.17, 15) is 9.59 Å². The van der Waals surface area contributed by atoms with E-state index in [0.29, 0.717) is 5.69 Å². The first-order chi connectivity index (χ1) is 9.06. The first-order valence-electron chi connectivity index (χ1n) is 6.49. The summed E-state index contributed by atoms with van der Waals surface area (Å²) in [5.41, 5.74) is 2.40. The summed E-state index contributed by atoms with van der Waals surface area (Å²) in [6.45, 7) is 4.28. The van der Waals surface area contributed by atoms with Crippen molar-refractivity contribution in [1.29, 1.82) is 0 Å². The van der Waals surface area contributed by atoms with Gasteiger partial charge in [0.05, 0.1) is 6.04 Å². The minimum Gasteiger partial charge on any atom is -0.326 e. The fourth-order valence-corrected chi connectivity index (χ4v) is 2.17. The fraction of sp³-hybridized carbons (Fsp3) is 0.429. The van der Waals surface area contributed by atoms with E-state index in [4.69, 9.17) is 0 Å². The zero-order valence-corrected chi connectivity index (χ0v) is 11.2. The molecule has 0 spiro atoms. The summed E-state index contributed by atoms with van der Waals surface area (Å²) < 4.78 is 0. The lowest BCUT2D eigenvalue weighted by atomic mass is 10.1. The van der Waals surface area contributed by atoms with Crippen LogP contribution in [0.2, 0.25) is 0 Å². The lowest BCUT2D eigenvalue weighted by molar-refractivity contribution is -0.117. The number of nitrogens with one attached hydrogen (secondary N) is 3. The van der Waals surface area contributed by atoms with Gasteiger partial charge in [-0.15, -0.1) is 0 Å². The molecule has 0 saturated carbocycles. The van der Waals surface area contributed by atoms with E-state index in [-0.39, 0.29) is 17.9 Å². The molecule has 1 heterocycles.